The van der Waals surface area contributed by atoms with Crippen LogP contribution < -0.4 is 34.3 Å². The van der Waals surface area contributed by atoms with Gasteiger partial charge in [0.25, 0.3) is 0 Å². The van der Waals surface area contributed by atoms with E-state index in [9.17, 15) is 33.9 Å². The monoisotopic (exact) mass is 1480 g/mol. The number of aliphatic hydroxyl groups excluding tert-OH is 1. The number of nitrogen functional groups attached to an aromatic ring is 4. The fraction of sp³-hybridized carbons (Fsp3) is 0.642. The Morgan fingerprint density at radius 3 is 1.47 bits per heavy atom. The number of imidazole rings is 2. The lowest BCUT2D eigenvalue weighted by molar-refractivity contribution is -0.0843. The number of phosphoric acid groups is 1. The molecule has 0 saturated carbocycles. The first kappa shape index (κ1) is 75.4. The Morgan fingerprint density at radius 1 is 0.520 bits per heavy atom. The van der Waals surface area contributed by atoms with Gasteiger partial charge in [-0.1, -0.05) is 0 Å². The number of fused-ring (bicyclic) bond motifs is 2. The van der Waals surface area contributed by atoms with Crippen LogP contribution in [0, 0.1) is 13.8 Å². The zero-order valence-corrected chi connectivity index (χ0v) is 58.1. The van der Waals surface area contributed by atoms with Gasteiger partial charge in [-0.3, -0.25) is 36.4 Å². The van der Waals surface area contributed by atoms with Gasteiger partial charge in [0.1, 0.15) is 96.1 Å². The van der Waals surface area contributed by atoms with Crippen LogP contribution in [-0.2, 0) is 112 Å². The molecule has 4 aliphatic heterocycles. The molecule has 98 heavy (non-hydrogen) atoms. The maximum absolute atomic E-state index is 14.3. The van der Waals surface area contributed by atoms with E-state index in [1.807, 2.05) is 0 Å². The lowest BCUT2D eigenvalue weighted by atomic mass is 10.1. The molecule has 0 aliphatic carbocycles. The molecule has 0 spiro atoms. The average Bonchev–Trinajstić information content (AvgIpc) is 1.63. The summed E-state index contributed by atoms with van der Waals surface area (Å²) in [6.07, 6.45) is -13.6. The van der Waals surface area contributed by atoms with Crippen molar-refractivity contribution in [1.29, 1.82) is 0 Å². The van der Waals surface area contributed by atoms with Crippen molar-refractivity contribution in [3.63, 3.8) is 0 Å². The minimum Gasteiger partial charge on any atom is -0.397 e. The molecule has 4 saturated heterocycles. The minimum atomic E-state index is -5.32. The molecule has 0 bridgehead atoms. The van der Waals surface area contributed by atoms with E-state index < -0.39 is 151 Å². The summed E-state index contributed by atoms with van der Waals surface area (Å²) in [5.74, 6) is -0.128. The zero-order valence-electron chi connectivity index (χ0n) is 53.8. The number of hydrogen-bond acceptors (Lipinski definition) is 35. The van der Waals surface area contributed by atoms with Gasteiger partial charge in [0, 0.05) is 58.2 Å². The van der Waals surface area contributed by atoms with Crippen molar-refractivity contribution in [2.45, 2.75) is 119 Å². The first-order valence-electron chi connectivity index (χ1n) is 30.2. The normalized spacial score (nSPS) is 29.2. The molecule has 7 unspecified atom stereocenters. The van der Waals surface area contributed by atoms with Crippen molar-refractivity contribution < 1.29 is 108 Å². The molecule has 6 aromatic rings. The van der Waals surface area contributed by atoms with E-state index >= 15 is 0 Å². The summed E-state index contributed by atoms with van der Waals surface area (Å²) in [6, 6.07) is 1.57. The van der Waals surface area contributed by atoms with Crippen LogP contribution in [0.2, 0.25) is 0 Å². The summed E-state index contributed by atoms with van der Waals surface area (Å²) in [4.78, 5) is 92.5. The van der Waals surface area contributed by atoms with Crippen molar-refractivity contribution >= 4 is 90.3 Å². The third kappa shape index (κ3) is 17.3. The maximum atomic E-state index is 14.3. The van der Waals surface area contributed by atoms with Gasteiger partial charge in [0.2, 0.25) is 0 Å². The molecule has 12 N–H and O–H groups in total. The molecule has 6 aromatic heterocycles. The van der Waals surface area contributed by atoms with Gasteiger partial charge in [-0.2, -0.15) is 9.97 Å². The van der Waals surface area contributed by atoms with Crippen LogP contribution in [0.15, 0.2) is 53.2 Å². The number of pyridine rings is 1. The Hall–Kier alpha value is -5.22. The Balaban J connectivity index is 0.931. The molecule has 542 valence electrons. The molecule has 45 heteroatoms. The van der Waals surface area contributed by atoms with Crippen LogP contribution in [0.25, 0.3) is 22.3 Å². The Kier molecular flexibility index (Phi) is 25.3. The number of aromatic nitrogens is 11. The van der Waals surface area contributed by atoms with E-state index in [1.54, 1.807) is 19.9 Å². The average molecular weight is 1480 g/mol. The molecule has 0 radical (unpaired) electrons. The topological polar surface area (TPSA) is 512 Å². The van der Waals surface area contributed by atoms with Crippen molar-refractivity contribution in [2.75, 3.05) is 124 Å². The van der Waals surface area contributed by atoms with Crippen LogP contribution in [0.3, 0.4) is 0 Å². The highest BCUT2D eigenvalue weighted by molar-refractivity contribution is 8.07. The van der Waals surface area contributed by atoms with E-state index in [0.29, 0.717) is 28.0 Å². The van der Waals surface area contributed by atoms with Crippen LogP contribution in [0.1, 0.15) is 43.0 Å². The summed E-state index contributed by atoms with van der Waals surface area (Å²) in [6.45, 7) is -7.19. The van der Waals surface area contributed by atoms with Crippen LogP contribution >= 0.6 is 21.3 Å². The molecule has 4 aliphatic rings. The first-order valence-corrected chi connectivity index (χ1v) is 36.9. The predicted molar refractivity (Wildman–Crippen MR) is 346 cm³/mol. The number of hydrogen-bond donors (Lipinski definition) is 8. The molecule has 0 amide bonds. The number of aryl methyl sites for hydroxylation is 2. The number of methoxy groups -OCH3 is 4. The molecular formula is C53H78N15O25P3S2. The van der Waals surface area contributed by atoms with Crippen molar-refractivity contribution in [3.05, 3.63) is 75.7 Å². The van der Waals surface area contributed by atoms with Gasteiger partial charge in [-0.05, 0) is 50.5 Å². The second kappa shape index (κ2) is 32.8. The Morgan fingerprint density at radius 2 is 0.949 bits per heavy atom. The van der Waals surface area contributed by atoms with Crippen molar-refractivity contribution in [2.24, 2.45) is 0 Å². The largest absolute Gasteiger partial charge is 0.472 e. The number of phosphoric ester groups is 1. The lowest BCUT2D eigenvalue weighted by Gasteiger charge is -2.30. The third-order valence-corrected chi connectivity index (χ3v) is 20.1. The SMILES string of the molecule is COCCOC1[C@@H](OP(=O)(O)OC[C@H]2O[C@@H](n3cc(C)c(N)nc3=O)C(OCCOC)[C@H]2OP(O)(=S)OC[C@H]2O[C@@H](n3cnc4c(N)ncnc43)C(OCCOC)[C@H]2OP(O)(=S)OC[C@H]2O[C@@H](n3cnc4c(N)ccnc43)C(OCCOC)[C@H]2O)[C@@H](C)O[C@H]1n1cc(C)c(N)nc1=O. The second-order valence-corrected chi connectivity index (χ2v) is 29.5. The molecule has 4 fully saturated rings. The number of ether oxygens (including phenoxy) is 12. The second-order valence-electron chi connectivity index (χ2n) is 22.5. The molecular weight excluding hydrogens is 1400 g/mol. The summed E-state index contributed by atoms with van der Waals surface area (Å²) >= 11 is 11.4. The quantitative estimate of drug-likeness (QED) is 0.0185. The van der Waals surface area contributed by atoms with E-state index in [0.717, 1.165) is 9.13 Å². The van der Waals surface area contributed by atoms with Gasteiger partial charge < -0.3 is 109 Å². The lowest BCUT2D eigenvalue weighted by Crippen LogP contribution is -2.41. The van der Waals surface area contributed by atoms with Gasteiger partial charge in [0.05, 0.1) is 97.1 Å². The first-order chi connectivity index (χ1) is 46.8. The number of nitrogens with zero attached hydrogens (tertiary/aromatic N) is 11. The van der Waals surface area contributed by atoms with Crippen molar-refractivity contribution in [3.8, 4) is 0 Å². The molecule has 0 aromatic carbocycles. The highest BCUT2D eigenvalue weighted by atomic mass is 32.5. The molecule has 10 rings (SSSR count). The highest BCUT2D eigenvalue weighted by Gasteiger charge is 2.55. The summed E-state index contributed by atoms with van der Waals surface area (Å²) in [5.41, 5.74) is 24.7. The summed E-state index contributed by atoms with van der Waals surface area (Å²) in [5, 5.41) is 11.8. The standard InChI is InChI=1S/C53H78N15O25P3S2/c1-26-18-65(52(70)63-43(26)55)49-40(81-15-11-77-5)36(28(3)87-49)91-94(72,73)84-21-31-37(41(82-16-12-78-6)50(89-31)66-19-27(2)44(56)64-53(66)71)92-96(75,98)86-22-32-38(42(83-17-13-79-7)51(90-32)68-25-62-34-45(57)59-23-60-47(34)68)93-95(74,97)85-20-30-35(69)39(80-14-10-76-4)48(88-30)67-24-61-33-29(54)8-9-58-46(33)67/h8-9,18-19,23-25,28,30-32,35-42,48-51,69H,10-17,20-22H2,1-7H3,(H2,54,58)(H,72,73)(H,74,97)(H,75,98)(H2,55,63,70)(H2,56,64,71)(H2,57,59,60)/t28-,30-,31-,32-,35+,36+,37+,38+,39?,40?,41?,42?,48-,49-,50-,51-,95?,96?/m1/s1. The Bertz CT molecular complexity index is 3980. The summed E-state index contributed by atoms with van der Waals surface area (Å²) < 4.78 is 127. The number of rotatable bonds is 35. The smallest absolute Gasteiger partial charge is 0.397 e. The van der Waals surface area contributed by atoms with Crippen LogP contribution in [-0.4, -0.2) is 247 Å². The van der Waals surface area contributed by atoms with Gasteiger partial charge in [-0.25, -0.2) is 39.1 Å². The van der Waals surface area contributed by atoms with Crippen LogP contribution in [0.4, 0.5) is 23.1 Å². The molecule has 19 atom stereocenters. The molecule has 10 heterocycles. The molecule has 40 nitrogen and oxygen atoms in total. The van der Waals surface area contributed by atoms with E-state index in [-0.39, 0.29) is 81.5 Å². The fourth-order valence-corrected chi connectivity index (χ4v) is 15.1. The maximum Gasteiger partial charge on any atom is 0.472 e. The number of nitrogens with two attached hydrogens (primary N) is 4. The van der Waals surface area contributed by atoms with E-state index in [2.05, 4.69) is 34.9 Å². The van der Waals surface area contributed by atoms with E-state index in [1.165, 1.54) is 82.1 Å². The van der Waals surface area contributed by atoms with Gasteiger partial charge in [-0.15, -0.1) is 0 Å². The summed E-state index contributed by atoms with van der Waals surface area (Å²) in [7, 11) is 0.414. The fourth-order valence-electron chi connectivity index (χ4n) is 11.2. The van der Waals surface area contributed by atoms with Gasteiger partial charge in [0.15, 0.2) is 42.0 Å². The number of aliphatic hydroxyl groups is 1. The highest BCUT2D eigenvalue weighted by Crippen LogP contribution is 2.55. The van der Waals surface area contributed by atoms with Gasteiger partial charge >= 0.3 is 32.6 Å². The zero-order chi connectivity index (χ0) is 70.4. The minimum absolute atomic E-state index is 0.0131. The third-order valence-electron chi connectivity index (χ3n) is 16.0. The predicted octanol–water partition coefficient (Wildman–Crippen LogP) is -0.433. The number of anilines is 4. The van der Waals surface area contributed by atoms with Crippen LogP contribution in [0.5, 0.6) is 0 Å². The van der Waals surface area contributed by atoms with Crippen molar-refractivity contribution in [1.82, 2.24) is 53.2 Å². The Labute approximate surface area is 568 Å². The van der Waals surface area contributed by atoms with E-state index in [4.69, 9.17) is 131 Å².